The van der Waals surface area contributed by atoms with Gasteiger partial charge in [-0.25, -0.2) is 9.37 Å². The van der Waals surface area contributed by atoms with Crippen molar-refractivity contribution in [1.82, 2.24) is 15.2 Å². The smallest absolute Gasteiger partial charge is 0.228 e. The van der Waals surface area contributed by atoms with Gasteiger partial charge in [-0.1, -0.05) is 12.1 Å². The fourth-order valence-electron chi connectivity index (χ4n) is 3.97. The Balaban J connectivity index is 0.00000131. The summed E-state index contributed by atoms with van der Waals surface area (Å²) in [6.07, 6.45) is 4.86. The molecule has 0 aliphatic carbocycles. The number of nitrogens with zero attached hydrogens (tertiary/aromatic N) is 2. The van der Waals surface area contributed by atoms with Gasteiger partial charge < -0.3 is 10.2 Å². The Hall–Kier alpha value is -1.21. The zero-order valence-corrected chi connectivity index (χ0v) is 17.5. The highest BCUT2D eigenvalue weighted by atomic mass is 35.5. The standard InChI is InChI=1S/C19H22FN3OS.2ClH/c1-23(17-8-14-5-6-15(9-17)21-14)18(24)10-16-11-25-19(22-16)12-3-2-4-13(20)7-12;;/h2-4,7,11,14-15,17,21H,5-6,8-10H2,1H3;2*1H. The molecule has 2 fully saturated rings. The van der Waals surface area contributed by atoms with E-state index in [1.165, 1.54) is 36.3 Å². The van der Waals surface area contributed by atoms with Crippen LogP contribution in [0, 0.1) is 5.82 Å². The van der Waals surface area contributed by atoms with Gasteiger partial charge in [0.05, 0.1) is 12.1 Å². The van der Waals surface area contributed by atoms with Crippen LogP contribution in [0.2, 0.25) is 0 Å². The molecule has 27 heavy (non-hydrogen) atoms. The Morgan fingerprint density at radius 3 is 2.67 bits per heavy atom. The first-order valence-electron chi connectivity index (χ1n) is 8.80. The molecule has 2 unspecified atom stereocenters. The summed E-state index contributed by atoms with van der Waals surface area (Å²) >= 11 is 1.45. The maximum absolute atomic E-state index is 13.4. The molecule has 1 aromatic carbocycles. The van der Waals surface area contributed by atoms with Gasteiger partial charge in [0.25, 0.3) is 0 Å². The Morgan fingerprint density at radius 2 is 2.00 bits per heavy atom. The van der Waals surface area contributed by atoms with Crippen molar-refractivity contribution in [3.63, 3.8) is 0 Å². The van der Waals surface area contributed by atoms with Gasteiger partial charge in [-0.05, 0) is 37.8 Å². The molecule has 2 saturated heterocycles. The van der Waals surface area contributed by atoms with E-state index in [4.69, 9.17) is 0 Å². The van der Waals surface area contributed by atoms with Crippen LogP contribution < -0.4 is 5.32 Å². The quantitative estimate of drug-likeness (QED) is 0.792. The normalized spacial score (nSPS) is 23.3. The third-order valence-corrected chi connectivity index (χ3v) is 6.29. The molecule has 1 amide bonds. The maximum Gasteiger partial charge on any atom is 0.228 e. The van der Waals surface area contributed by atoms with Crippen LogP contribution in [-0.2, 0) is 11.2 Å². The molecule has 0 radical (unpaired) electrons. The van der Waals surface area contributed by atoms with Crippen LogP contribution in [0.3, 0.4) is 0 Å². The van der Waals surface area contributed by atoms with Crippen LogP contribution in [0.25, 0.3) is 10.6 Å². The molecule has 3 heterocycles. The maximum atomic E-state index is 13.4. The third kappa shape index (κ3) is 4.99. The fraction of sp³-hybridized carbons (Fsp3) is 0.474. The number of benzene rings is 1. The van der Waals surface area contributed by atoms with Crippen molar-refractivity contribution < 1.29 is 9.18 Å². The van der Waals surface area contributed by atoms with Crippen LogP contribution in [0.15, 0.2) is 29.6 Å². The Labute approximate surface area is 175 Å². The predicted octanol–water partition coefficient (Wildman–Crippen LogP) is 4.08. The van der Waals surface area contributed by atoms with Crippen LogP contribution >= 0.6 is 36.2 Å². The Morgan fingerprint density at radius 1 is 1.30 bits per heavy atom. The molecule has 148 valence electrons. The minimum Gasteiger partial charge on any atom is -0.342 e. The van der Waals surface area contributed by atoms with Crippen molar-refractivity contribution in [2.45, 2.75) is 50.2 Å². The SMILES string of the molecule is CN(C(=O)Cc1csc(-c2cccc(F)c2)n1)C1CC2CCC(C1)N2.Cl.Cl. The first kappa shape index (κ1) is 22.1. The van der Waals surface area contributed by atoms with Gasteiger partial charge in [0.2, 0.25) is 5.91 Å². The molecular weight excluding hydrogens is 408 g/mol. The number of halogens is 3. The zero-order valence-electron chi connectivity index (χ0n) is 15.1. The van der Waals surface area contributed by atoms with E-state index in [0.717, 1.165) is 29.1 Å². The topological polar surface area (TPSA) is 45.2 Å². The Kier molecular flexibility index (Phi) is 7.63. The number of fused-ring (bicyclic) bond motifs is 2. The van der Waals surface area contributed by atoms with E-state index in [0.29, 0.717) is 24.5 Å². The average Bonchev–Trinajstić information content (AvgIpc) is 3.20. The third-order valence-electron chi connectivity index (χ3n) is 5.34. The van der Waals surface area contributed by atoms with Gasteiger partial charge in [0.15, 0.2) is 0 Å². The van der Waals surface area contributed by atoms with Crippen molar-refractivity contribution in [3.05, 3.63) is 41.2 Å². The molecule has 4 rings (SSSR count). The lowest BCUT2D eigenvalue weighted by Gasteiger charge is -2.35. The summed E-state index contributed by atoms with van der Waals surface area (Å²) in [5.74, 6) is -0.159. The van der Waals surface area contributed by atoms with E-state index in [9.17, 15) is 9.18 Å². The van der Waals surface area contributed by atoms with Gasteiger partial charge >= 0.3 is 0 Å². The summed E-state index contributed by atoms with van der Waals surface area (Å²) in [6.45, 7) is 0. The van der Waals surface area contributed by atoms with E-state index in [2.05, 4.69) is 10.3 Å². The van der Waals surface area contributed by atoms with Crippen molar-refractivity contribution in [3.8, 4) is 10.6 Å². The highest BCUT2D eigenvalue weighted by Gasteiger charge is 2.36. The molecule has 2 aromatic rings. The van der Waals surface area contributed by atoms with Gasteiger partial charge in [0.1, 0.15) is 10.8 Å². The number of carbonyl (C=O) groups is 1. The second-order valence-corrected chi connectivity index (χ2v) is 7.96. The summed E-state index contributed by atoms with van der Waals surface area (Å²) in [7, 11) is 1.91. The molecule has 1 aromatic heterocycles. The monoisotopic (exact) mass is 431 g/mol. The van der Waals surface area contributed by atoms with Crippen LogP contribution in [0.1, 0.15) is 31.4 Å². The number of thiazole rings is 1. The minimum absolute atomic E-state index is 0. The van der Waals surface area contributed by atoms with Crippen molar-refractivity contribution in [2.75, 3.05) is 7.05 Å². The van der Waals surface area contributed by atoms with Gasteiger partial charge in [0, 0.05) is 36.1 Å². The number of piperidine rings is 1. The van der Waals surface area contributed by atoms with Crippen LogP contribution in [0.4, 0.5) is 4.39 Å². The molecule has 2 aliphatic rings. The lowest BCUT2D eigenvalue weighted by molar-refractivity contribution is -0.132. The van der Waals surface area contributed by atoms with Gasteiger partial charge in [-0.15, -0.1) is 36.2 Å². The first-order chi connectivity index (χ1) is 12.1. The molecule has 2 atom stereocenters. The lowest BCUT2D eigenvalue weighted by atomic mass is 9.98. The number of nitrogens with one attached hydrogen (secondary N) is 1. The number of amides is 1. The second-order valence-electron chi connectivity index (χ2n) is 7.10. The van der Waals surface area contributed by atoms with Gasteiger partial charge in [-0.2, -0.15) is 0 Å². The summed E-state index contributed by atoms with van der Waals surface area (Å²) in [5, 5.41) is 6.27. The number of rotatable bonds is 4. The summed E-state index contributed by atoms with van der Waals surface area (Å²) in [6, 6.07) is 7.87. The van der Waals surface area contributed by atoms with E-state index in [1.54, 1.807) is 6.07 Å². The lowest BCUT2D eigenvalue weighted by Crippen LogP contribution is -2.49. The molecule has 2 bridgehead atoms. The molecule has 0 spiro atoms. The van der Waals surface area contributed by atoms with Crippen molar-refractivity contribution >= 4 is 42.1 Å². The van der Waals surface area contributed by atoms with Crippen molar-refractivity contribution in [2.24, 2.45) is 0 Å². The molecule has 2 aliphatic heterocycles. The first-order valence-corrected chi connectivity index (χ1v) is 9.68. The second kappa shape index (κ2) is 9.32. The number of carbonyl (C=O) groups excluding carboxylic acids is 1. The minimum atomic E-state index is -0.273. The zero-order chi connectivity index (χ0) is 17.4. The number of hydrogen-bond donors (Lipinski definition) is 1. The van der Waals surface area contributed by atoms with E-state index >= 15 is 0 Å². The van der Waals surface area contributed by atoms with Crippen LogP contribution in [-0.4, -0.2) is 41.0 Å². The van der Waals surface area contributed by atoms with Crippen LogP contribution in [0.5, 0.6) is 0 Å². The van der Waals surface area contributed by atoms with Gasteiger partial charge in [-0.3, -0.25) is 4.79 Å². The molecular formula is C19H24Cl2FN3OS. The fourth-order valence-corrected chi connectivity index (χ4v) is 4.79. The summed E-state index contributed by atoms with van der Waals surface area (Å²) < 4.78 is 13.4. The number of hydrogen-bond acceptors (Lipinski definition) is 4. The molecule has 1 N–H and O–H groups in total. The van der Waals surface area contributed by atoms with Crippen molar-refractivity contribution in [1.29, 1.82) is 0 Å². The highest BCUT2D eigenvalue weighted by Crippen LogP contribution is 2.30. The molecule has 4 nitrogen and oxygen atoms in total. The predicted molar refractivity (Wildman–Crippen MR) is 111 cm³/mol. The number of likely N-dealkylation sites (N-methyl/N-ethyl adjacent to an activating group) is 1. The molecule has 8 heteroatoms. The number of aromatic nitrogens is 1. The summed E-state index contributed by atoms with van der Waals surface area (Å²) in [4.78, 5) is 19.1. The van der Waals surface area contributed by atoms with E-state index in [-0.39, 0.29) is 36.5 Å². The summed E-state index contributed by atoms with van der Waals surface area (Å²) in [5.41, 5.74) is 1.52. The van der Waals surface area contributed by atoms with E-state index in [1.807, 2.05) is 23.4 Å². The highest BCUT2D eigenvalue weighted by molar-refractivity contribution is 7.13. The largest absolute Gasteiger partial charge is 0.342 e. The molecule has 0 saturated carbocycles. The average molecular weight is 432 g/mol. The van der Waals surface area contributed by atoms with E-state index < -0.39 is 0 Å². The Bertz CT molecular complexity index is 776.